The summed E-state index contributed by atoms with van der Waals surface area (Å²) in [5, 5.41) is 18.8. The van der Waals surface area contributed by atoms with Crippen LogP contribution in [0.1, 0.15) is 32.3 Å². The highest BCUT2D eigenvalue weighted by Gasteiger charge is 2.44. The average Bonchev–Trinajstić information content (AvgIpc) is 3.89. The summed E-state index contributed by atoms with van der Waals surface area (Å²) in [6, 6.07) is 13.8. The van der Waals surface area contributed by atoms with Gasteiger partial charge >= 0.3 is 6.09 Å². The van der Waals surface area contributed by atoms with Gasteiger partial charge in [-0.05, 0) is 48.9 Å². The third-order valence-corrected chi connectivity index (χ3v) is 12.3. The lowest BCUT2D eigenvalue weighted by atomic mass is 10.0. The number of aliphatic hydroxyl groups is 1. The van der Waals surface area contributed by atoms with Gasteiger partial charge in [0.25, 0.3) is 0 Å². The van der Waals surface area contributed by atoms with Crippen LogP contribution in [0.25, 0.3) is 10.2 Å². The molecule has 1 amide bonds. The normalized spacial score (nSPS) is 23.8. The number of methoxy groups -OCH3 is 1. The summed E-state index contributed by atoms with van der Waals surface area (Å²) in [6.45, 7) is 8.07. The highest BCUT2D eigenvalue weighted by molar-refractivity contribution is 7.89. The second-order valence-corrected chi connectivity index (χ2v) is 16.7. The number of carbonyl (C=O) groups is 1. The summed E-state index contributed by atoms with van der Waals surface area (Å²) in [4.78, 5) is 20.4. The fourth-order valence-corrected chi connectivity index (χ4v) is 9.57. The van der Waals surface area contributed by atoms with E-state index >= 15 is 0 Å². The van der Waals surface area contributed by atoms with Gasteiger partial charge in [-0.25, -0.2) is 18.2 Å². The summed E-state index contributed by atoms with van der Waals surface area (Å²) in [6.07, 6.45) is -0.752. The van der Waals surface area contributed by atoms with E-state index in [1.54, 1.807) is 25.3 Å². The fourth-order valence-electron chi connectivity index (χ4n) is 6.86. The first-order valence-electron chi connectivity index (χ1n) is 17.4. The quantitative estimate of drug-likeness (QED) is 0.199. The second-order valence-electron chi connectivity index (χ2n) is 13.8. The van der Waals surface area contributed by atoms with Crippen molar-refractivity contribution < 1.29 is 37.3 Å². The molecule has 6 atom stereocenters. The van der Waals surface area contributed by atoms with Gasteiger partial charge < -0.3 is 34.7 Å². The van der Waals surface area contributed by atoms with Crippen molar-refractivity contribution in [2.24, 2.45) is 11.8 Å². The third kappa shape index (κ3) is 9.12. The van der Waals surface area contributed by atoms with Gasteiger partial charge in [-0.15, -0.1) is 0 Å². The zero-order valence-corrected chi connectivity index (χ0v) is 30.5. The summed E-state index contributed by atoms with van der Waals surface area (Å²) >= 11 is 1.43. The SMILES string of the molecule is COCCN1CCC(Nc2nc3ccc(S(=O)(=O)N(CC(C)C)C[C@@H](O)[C@H](Cc4ccccc4)NC(=O)O[C@H]4CO[C@H]5OCC[C@H]54)cc3s2)C1. The monoisotopic (exact) mass is 731 g/mol. The van der Waals surface area contributed by atoms with Crippen molar-refractivity contribution in [1.82, 2.24) is 19.5 Å². The van der Waals surface area contributed by atoms with Gasteiger partial charge in [0, 0.05) is 45.9 Å². The predicted molar refractivity (Wildman–Crippen MR) is 191 cm³/mol. The summed E-state index contributed by atoms with van der Waals surface area (Å²) in [5.74, 6) is -0.0592. The first-order chi connectivity index (χ1) is 24.1. The van der Waals surface area contributed by atoms with Gasteiger partial charge in [0.15, 0.2) is 11.4 Å². The molecule has 6 rings (SSSR count). The zero-order valence-electron chi connectivity index (χ0n) is 28.9. The lowest BCUT2D eigenvalue weighted by Crippen LogP contribution is -2.51. The number of hydrogen-bond acceptors (Lipinski definition) is 12. The van der Waals surface area contributed by atoms with Crippen LogP contribution in [-0.2, 0) is 35.4 Å². The van der Waals surface area contributed by atoms with E-state index in [1.807, 2.05) is 44.2 Å². The van der Waals surface area contributed by atoms with Crippen LogP contribution in [0, 0.1) is 11.8 Å². The maximum atomic E-state index is 14.2. The predicted octanol–water partition coefficient (Wildman–Crippen LogP) is 3.54. The first-order valence-corrected chi connectivity index (χ1v) is 19.7. The maximum Gasteiger partial charge on any atom is 0.407 e. The number of anilines is 1. The van der Waals surface area contributed by atoms with E-state index in [0.29, 0.717) is 13.2 Å². The molecule has 50 heavy (non-hydrogen) atoms. The van der Waals surface area contributed by atoms with E-state index in [-0.39, 0.29) is 55.2 Å². The van der Waals surface area contributed by atoms with Crippen molar-refractivity contribution in [3.63, 3.8) is 0 Å². The highest BCUT2D eigenvalue weighted by atomic mass is 32.2. The lowest BCUT2D eigenvalue weighted by Gasteiger charge is -2.31. The minimum Gasteiger partial charge on any atom is -0.443 e. The number of aromatic nitrogens is 1. The van der Waals surface area contributed by atoms with Crippen LogP contribution < -0.4 is 10.6 Å². The Hall–Kier alpha value is -2.89. The molecule has 13 nitrogen and oxygen atoms in total. The van der Waals surface area contributed by atoms with E-state index in [4.69, 9.17) is 23.9 Å². The smallest absolute Gasteiger partial charge is 0.407 e. The van der Waals surface area contributed by atoms with Crippen molar-refractivity contribution in [3.8, 4) is 0 Å². The molecule has 3 fully saturated rings. The number of nitrogens with one attached hydrogen (secondary N) is 2. The van der Waals surface area contributed by atoms with Crippen LogP contribution >= 0.6 is 11.3 Å². The highest BCUT2D eigenvalue weighted by Crippen LogP contribution is 2.33. The van der Waals surface area contributed by atoms with Crippen molar-refractivity contribution >= 4 is 42.8 Å². The largest absolute Gasteiger partial charge is 0.443 e. The molecule has 3 aromatic rings. The number of carbonyl (C=O) groups excluding carboxylic acids is 1. The number of rotatable bonds is 16. The molecule has 0 radical (unpaired) electrons. The van der Waals surface area contributed by atoms with Crippen LogP contribution in [0.5, 0.6) is 0 Å². The molecule has 3 N–H and O–H groups in total. The molecule has 3 saturated heterocycles. The molecule has 15 heteroatoms. The number of thiazole rings is 1. The maximum absolute atomic E-state index is 14.2. The Bertz CT molecular complexity index is 1680. The molecule has 274 valence electrons. The standard InChI is InChI=1S/C35H49N5O8S2/c1-23(2)19-40(50(43,44)26-9-10-28-32(18-26)49-34(37-28)36-25-11-13-39(20-25)14-16-45-3)21-30(41)29(17-24-7-5-4-6-8-24)38-35(42)48-31-22-47-33-27(31)12-15-46-33/h4-10,18,23,25,27,29-31,33,41H,11-17,19-22H2,1-3H3,(H,36,37)(H,38,42)/t25?,27-,29-,30+,31-,33+/m0/s1. The van der Waals surface area contributed by atoms with Gasteiger partial charge in [-0.1, -0.05) is 55.5 Å². The van der Waals surface area contributed by atoms with Gasteiger partial charge in [-0.2, -0.15) is 4.31 Å². The fraction of sp³-hybridized carbons (Fsp3) is 0.600. The molecule has 0 saturated carbocycles. The minimum atomic E-state index is -4.04. The first kappa shape index (κ1) is 36.9. The van der Waals surface area contributed by atoms with Crippen LogP contribution in [0.4, 0.5) is 9.93 Å². The number of hydrogen-bond donors (Lipinski definition) is 3. The minimum absolute atomic E-state index is 0.0239. The number of benzene rings is 2. The molecule has 0 aliphatic carbocycles. The number of alkyl carbamates (subject to hydrolysis) is 1. The van der Waals surface area contributed by atoms with Crippen LogP contribution in [0.2, 0.25) is 0 Å². The van der Waals surface area contributed by atoms with Crippen molar-refractivity contribution in [2.75, 3.05) is 65.0 Å². The number of sulfonamides is 1. The topological polar surface area (TPSA) is 152 Å². The van der Waals surface area contributed by atoms with Crippen molar-refractivity contribution in [1.29, 1.82) is 0 Å². The number of likely N-dealkylation sites (tertiary alicyclic amines) is 1. The molecule has 3 aliphatic rings. The summed E-state index contributed by atoms with van der Waals surface area (Å²) < 4.78 is 52.6. The second kappa shape index (κ2) is 16.6. The van der Waals surface area contributed by atoms with Gasteiger partial charge in [0.05, 0.1) is 53.0 Å². The molecule has 3 aliphatic heterocycles. The number of nitrogens with zero attached hydrogens (tertiary/aromatic N) is 3. The van der Waals surface area contributed by atoms with Crippen LogP contribution in [0.15, 0.2) is 53.4 Å². The number of aliphatic hydroxyl groups excluding tert-OH is 1. The summed E-state index contributed by atoms with van der Waals surface area (Å²) in [5.41, 5.74) is 1.60. The van der Waals surface area contributed by atoms with E-state index in [0.717, 1.165) is 53.4 Å². The Morgan fingerprint density at radius 2 is 1.98 bits per heavy atom. The Morgan fingerprint density at radius 3 is 2.76 bits per heavy atom. The van der Waals surface area contributed by atoms with Crippen LogP contribution in [-0.4, -0.2) is 124 Å². The molecule has 0 spiro atoms. The zero-order chi connectivity index (χ0) is 35.3. The third-order valence-electron chi connectivity index (χ3n) is 9.48. The number of amides is 1. The molecular formula is C35H49N5O8S2. The summed E-state index contributed by atoms with van der Waals surface area (Å²) in [7, 11) is -2.33. The van der Waals surface area contributed by atoms with Crippen molar-refractivity contribution in [2.45, 2.75) is 68.6 Å². The Morgan fingerprint density at radius 1 is 1.16 bits per heavy atom. The molecule has 4 heterocycles. The van der Waals surface area contributed by atoms with Gasteiger partial charge in [0.2, 0.25) is 10.0 Å². The number of ether oxygens (including phenoxy) is 4. The van der Waals surface area contributed by atoms with Crippen LogP contribution in [0.3, 0.4) is 0 Å². The Labute approximate surface area is 298 Å². The molecule has 2 aromatic carbocycles. The van der Waals surface area contributed by atoms with E-state index < -0.39 is 34.4 Å². The van der Waals surface area contributed by atoms with E-state index in [2.05, 4.69) is 15.5 Å². The lowest BCUT2D eigenvalue weighted by molar-refractivity contribution is -0.0907. The molecule has 1 unspecified atom stereocenters. The van der Waals surface area contributed by atoms with E-state index in [9.17, 15) is 18.3 Å². The van der Waals surface area contributed by atoms with Gasteiger partial charge in [0.1, 0.15) is 6.10 Å². The average molecular weight is 732 g/mol. The molecule has 0 bridgehead atoms. The molecule has 1 aromatic heterocycles. The number of fused-ring (bicyclic) bond motifs is 2. The van der Waals surface area contributed by atoms with Crippen molar-refractivity contribution in [3.05, 3.63) is 54.1 Å². The van der Waals surface area contributed by atoms with E-state index in [1.165, 1.54) is 15.6 Å². The Kier molecular flexibility index (Phi) is 12.3. The Balaban J connectivity index is 1.16. The van der Waals surface area contributed by atoms with Gasteiger partial charge in [-0.3, -0.25) is 4.90 Å². The molecular weight excluding hydrogens is 683 g/mol.